The maximum absolute atomic E-state index is 11.6. The molecule has 3 nitrogen and oxygen atoms in total. The molecular weight excluding hydrogens is 200 g/mol. The summed E-state index contributed by atoms with van der Waals surface area (Å²) < 4.78 is 0. The largest absolute Gasteiger partial charge is 0.351 e. The van der Waals surface area contributed by atoms with Gasteiger partial charge in [0.15, 0.2) is 0 Å². The van der Waals surface area contributed by atoms with E-state index in [4.69, 9.17) is 0 Å². The molecule has 0 aliphatic carbocycles. The smallest absolute Gasteiger partial charge is 0.220 e. The lowest BCUT2D eigenvalue weighted by atomic mass is 10.0. The fraction of sp³-hybridized carbons (Fsp3) is 0.462. The van der Waals surface area contributed by atoms with E-state index in [2.05, 4.69) is 29.7 Å². The average Bonchev–Trinajstić information content (AvgIpc) is 2.22. The summed E-state index contributed by atoms with van der Waals surface area (Å²) in [5.74, 6) is 0.162. The first-order chi connectivity index (χ1) is 7.75. The molecule has 16 heavy (non-hydrogen) atoms. The van der Waals surface area contributed by atoms with Crippen LogP contribution in [-0.4, -0.2) is 25.0 Å². The molecule has 0 unspecified atom stereocenters. The van der Waals surface area contributed by atoms with Crippen molar-refractivity contribution in [3.05, 3.63) is 35.4 Å². The highest BCUT2D eigenvalue weighted by Crippen LogP contribution is 2.09. The van der Waals surface area contributed by atoms with Gasteiger partial charge in [0.05, 0.1) is 6.04 Å². The second-order valence-electron chi connectivity index (χ2n) is 4.35. The minimum atomic E-state index is 0.162. The van der Waals surface area contributed by atoms with Crippen molar-refractivity contribution in [2.45, 2.75) is 25.8 Å². The molecule has 1 aromatic carbocycles. The SMILES string of the molecule is Cc1ccccc1CCC(=O)NC1CNC1. The van der Waals surface area contributed by atoms with Crippen molar-refractivity contribution >= 4 is 5.91 Å². The number of hydrogen-bond donors (Lipinski definition) is 2. The van der Waals surface area contributed by atoms with Crippen LogP contribution in [0.15, 0.2) is 24.3 Å². The van der Waals surface area contributed by atoms with E-state index in [1.165, 1.54) is 11.1 Å². The quantitative estimate of drug-likeness (QED) is 0.792. The second-order valence-corrected chi connectivity index (χ2v) is 4.35. The Kier molecular flexibility index (Phi) is 3.57. The lowest BCUT2D eigenvalue weighted by Crippen LogP contribution is -2.56. The first-order valence-corrected chi connectivity index (χ1v) is 5.80. The number of amides is 1. The highest BCUT2D eigenvalue weighted by atomic mass is 16.1. The van der Waals surface area contributed by atoms with Gasteiger partial charge in [-0.1, -0.05) is 24.3 Å². The molecule has 0 atom stereocenters. The van der Waals surface area contributed by atoms with Gasteiger partial charge in [0.25, 0.3) is 0 Å². The third-order valence-electron chi connectivity index (χ3n) is 3.03. The molecular formula is C13H18N2O. The number of benzene rings is 1. The van der Waals surface area contributed by atoms with E-state index in [1.54, 1.807) is 0 Å². The molecule has 1 aromatic rings. The van der Waals surface area contributed by atoms with E-state index >= 15 is 0 Å². The van der Waals surface area contributed by atoms with E-state index in [-0.39, 0.29) is 5.91 Å². The van der Waals surface area contributed by atoms with E-state index < -0.39 is 0 Å². The molecule has 0 aromatic heterocycles. The third-order valence-corrected chi connectivity index (χ3v) is 3.03. The third kappa shape index (κ3) is 2.83. The summed E-state index contributed by atoms with van der Waals surface area (Å²) in [4.78, 5) is 11.6. The summed E-state index contributed by atoms with van der Waals surface area (Å²) in [5, 5.41) is 6.14. The van der Waals surface area contributed by atoms with Gasteiger partial charge in [0.2, 0.25) is 5.91 Å². The zero-order chi connectivity index (χ0) is 11.4. The molecule has 1 heterocycles. The number of carbonyl (C=O) groups excluding carboxylic acids is 1. The van der Waals surface area contributed by atoms with Gasteiger partial charge >= 0.3 is 0 Å². The van der Waals surface area contributed by atoms with Crippen molar-refractivity contribution in [1.29, 1.82) is 0 Å². The predicted molar refractivity (Wildman–Crippen MR) is 64.3 cm³/mol. The topological polar surface area (TPSA) is 41.1 Å². The van der Waals surface area contributed by atoms with Crippen molar-refractivity contribution in [2.75, 3.05) is 13.1 Å². The summed E-state index contributed by atoms with van der Waals surface area (Å²) in [5.41, 5.74) is 2.53. The molecule has 0 radical (unpaired) electrons. The van der Waals surface area contributed by atoms with Gasteiger partial charge in [-0.3, -0.25) is 4.79 Å². The Morgan fingerprint density at radius 2 is 2.19 bits per heavy atom. The van der Waals surface area contributed by atoms with Crippen LogP contribution in [0.5, 0.6) is 0 Å². The van der Waals surface area contributed by atoms with Crippen LogP contribution in [-0.2, 0) is 11.2 Å². The van der Waals surface area contributed by atoms with Crippen LogP contribution >= 0.6 is 0 Å². The lowest BCUT2D eigenvalue weighted by Gasteiger charge is -2.27. The van der Waals surface area contributed by atoms with Gasteiger partial charge in [-0.05, 0) is 24.5 Å². The molecule has 86 valence electrons. The fourth-order valence-corrected chi connectivity index (χ4v) is 1.83. The molecule has 1 amide bonds. The average molecular weight is 218 g/mol. The van der Waals surface area contributed by atoms with E-state index in [0.29, 0.717) is 12.5 Å². The standard InChI is InChI=1S/C13H18N2O/c1-10-4-2-3-5-11(10)6-7-13(16)15-12-8-14-9-12/h2-5,12,14H,6-9H2,1H3,(H,15,16). The monoisotopic (exact) mass is 218 g/mol. The Morgan fingerprint density at radius 1 is 1.44 bits per heavy atom. The maximum atomic E-state index is 11.6. The zero-order valence-electron chi connectivity index (χ0n) is 9.62. The fourth-order valence-electron chi connectivity index (χ4n) is 1.83. The van der Waals surface area contributed by atoms with Crippen molar-refractivity contribution in [3.8, 4) is 0 Å². The van der Waals surface area contributed by atoms with Gasteiger partial charge in [-0.25, -0.2) is 0 Å². The van der Waals surface area contributed by atoms with Crippen molar-refractivity contribution < 1.29 is 4.79 Å². The Morgan fingerprint density at radius 3 is 2.81 bits per heavy atom. The van der Waals surface area contributed by atoms with Crippen LogP contribution in [0.25, 0.3) is 0 Å². The van der Waals surface area contributed by atoms with Gasteiger partial charge in [-0.15, -0.1) is 0 Å². The number of rotatable bonds is 4. The predicted octanol–water partition coefficient (Wildman–Crippen LogP) is 1.02. The van der Waals surface area contributed by atoms with Crippen LogP contribution in [0.1, 0.15) is 17.5 Å². The first-order valence-electron chi connectivity index (χ1n) is 5.80. The maximum Gasteiger partial charge on any atom is 0.220 e. The van der Waals surface area contributed by atoms with Gasteiger partial charge in [-0.2, -0.15) is 0 Å². The van der Waals surface area contributed by atoms with Crippen molar-refractivity contribution in [1.82, 2.24) is 10.6 Å². The van der Waals surface area contributed by atoms with Crippen molar-refractivity contribution in [2.24, 2.45) is 0 Å². The molecule has 0 saturated carbocycles. The zero-order valence-corrected chi connectivity index (χ0v) is 9.62. The Balaban J connectivity index is 1.78. The number of carbonyl (C=O) groups is 1. The van der Waals surface area contributed by atoms with Gasteiger partial charge in [0, 0.05) is 19.5 Å². The minimum absolute atomic E-state index is 0.162. The Hall–Kier alpha value is -1.35. The van der Waals surface area contributed by atoms with E-state index in [0.717, 1.165) is 19.5 Å². The lowest BCUT2D eigenvalue weighted by molar-refractivity contribution is -0.122. The van der Waals surface area contributed by atoms with E-state index in [1.807, 2.05) is 12.1 Å². The van der Waals surface area contributed by atoms with Crippen LogP contribution in [0.4, 0.5) is 0 Å². The van der Waals surface area contributed by atoms with Crippen LogP contribution in [0, 0.1) is 6.92 Å². The van der Waals surface area contributed by atoms with Crippen LogP contribution in [0.2, 0.25) is 0 Å². The number of nitrogens with one attached hydrogen (secondary N) is 2. The molecule has 1 saturated heterocycles. The molecule has 2 N–H and O–H groups in total. The summed E-state index contributed by atoms with van der Waals surface area (Å²) in [6.45, 7) is 3.91. The van der Waals surface area contributed by atoms with Gasteiger partial charge < -0.3 is 10.6 Å². The second kappa shape index (κ2) is 5.12. The Bertz CT molecular complexity index is 372. The molecule has 2 rings (SSSR count). The number of aryl methyl sites for hydroxylation is 2. The molecule has 1 aliphatic heterocycles. The molecule has 1 fully saturated rings. The molecule has 1 aliphatic rings. The Labute approximate surface area is 96.2 Å². The molecule has 0 spiro atoms. The summed E-state index contributed by atoms with van der Waals surface area (Å²) in [6.07, 6.45) is 1.42. The van der Waals surface area contributed by atoms with Crippen LogP contribution in [0.3, 0.4) is 0 Å². The normalized spacial score (nSPS) is 15.6. The highest BCUT2D eigenvalue weighted by Gasteiger charge is 2.18. The van der Waals surface area contributed by atoms with E-state index in [9.17, 15) is 4.79 Å². The summed E-state index contributed by atoms with van der Waals surface area (Å²) in [6, 6.07) is 8.58. The minimum Gasteiger partial charge on any atom is -0.351 e. The summed E-state index contributed by atoms with van der Waals surface area (Å²) in [7, 11) is 0. The number of hydrogen-bond acceptors (Lipinski definition) is 2. The van der Waals surface area contributed by atoms with Gasteiger partial charge in [0.1, 0.15) is 0 Å². The van der Waals surface area contributed by atoms with Crippen LogP contribution < -0.4 is 10.6 Å². The highest BCUT2D eigenvalue weighted by molar-refractivity contribution is 5.76. The molecule has 0 bridgehead atoms. The van der Waals surface area contributed by atoms with Crippen molar-refractivity contribution in [3.63, 3.8) is 0 Å². The first kappa shape index (κ1) is 11.1. The summed E-state index contributed by atoms with van der Waals surface area (Å²) >= 11 is 0. The molecule has 3 heteroatoms.